The summed E-state index contributed by atoms with van der Waals surface area (Å²) in [6, 6.07) is 7.53. The van der Waals surface area contributed by atoms with E-state index in [0.29, 0.717) is 23.0 Å². The summed E-state index contributed by atoms with van der Waals surface area (Å²) in [6.45, 7) is 7.09. The topological polar surface area (TPSA) is 24.9 Å². The van der Waals surface area contributed by atoms with E-state index in [1.807, 2.05) is 36.3 Å². The molecule has 0 radical (unpaired) electrons. The van der Waals surface area contributed by atoms with Crippen molar-refractivity contribution in [3.05, 3.63) is 58.7 Å². The van der Waals surface area contributed by atoms with Crippen LogP contribution in [0.25, 0.3) is 5.57 Å². The molecule has 0 saturated carbocycles. The van der Waals surface area contributed by atoms with E-state index in [2.05, 4.69) is 11.0 Å². The van der Waals surface area contributed by atoms with Crippen LogP contribution in [0.2, 0.25) is 0 Å². The van der Waals surface area contributed by atoms with Gasteiger partial charge in [0.25, 0.3) is 0 Å². The number of thioether (sulfide) groups is 1. The van der Waals surface area contributed by atoms with Crippen molar-refractivity contribution in [3.8, 4) is 5.75 Å². The zero-order chi connectivity index (χ0) is 21.1. The summed E-state index contributed by atoms with van der Waals surface area (Å²) in [5.74, 6) is 1.18. The summed E-state index contributed by atoms with van der Waals surface area (Å²) in [6.07, 6.45) is 1.16. The minimum absolute atomic E-state index is 0.496. The average Bonchev–Trinajstić information content (AvgIpc) is 2.73. The van der Waals surface area contributed by atoms with E-state index in [0.717, 1.165) is 62.0 Å². The molecular formula is C22H25F3N2O2S. The van der Waals surface area contributed by atoms with E-state index in [9.17, 15) is 13.2 Å². The molecule has 4 nitrogen and oxygen atoms in total. The molecule has 0 spiro atoms. The third-order valence-corrected chi connectivity index (χ3v) is 6.63. The molecule has 4 rings (SSSR count). The average molecular weight is 439 g/mol. The lowest BCUT2D eigenvalue weighted by atomic mass is 9.99. The maximum atomic E-state index is 13.3. The largest absolute Gasteiger partial charge is 0.456 e. The molecule has 0 aliphatic carbocycles. The van der Waals surface area contributed by atoms with E-state index in [4.69, 9.17) is 9.57 Å². The Hall–Kier alpha value is -1.74. The van der Waals surface area contributed by atoms with Crippen molar-refractivity contribution in [3.63, 3.8) is 0 Å². The number of hydroxylamine groups is 2. The Bertz CT molecular complexity index is 858. The summed E-state index contributed by atoms with van der Waals surface area (Å²) in [5.41, 5.74) is 1.68. The Morgan fingerprint density at radius 2 is 1.97 bits per heavy atom. The molecule has 8 heteroatoms. The first-order valence-corrected chi connectivity index (χ1v) is 11.1. The van der Waals surface area contributed by atoms with Gasteiger partial charge in [-0.15, -0.1) is 11.8 Å². The van der Waals surface area contributed by atoms with Gasteiger partial charge < -0.3 is 9.64 Å². The number of halogens is 3. The Balaban J connectivity index is 1.49. The second-order valence-electron chi connectivity index (χ2n) is 7.33. The first-order chi connectivity index (χ1) is 14.5. The molecule has 162 valence electrons. The highest BCUT2D eigenvalue weighted by molar-refractivity contribution is 8.04. The molecule has 1 aromatic carbocycles. The number of hydrogen-bond donors (Lipinski definition) is 0. The zero-order valence-corrected chi connectivity index (χ0v) is 17.6. The highest BCUT2D eigenvalue weighted by Crippen LogP contribution is 2.50. The fraction of sp³-hybridized carbons (Fsp3) is 0.455. The molecule has 3 aliphatic rings. The van der Waals surface area contributed by atoms with E-state index in [1.165, 1.54) is 12.2 Å². The Morgan fingerprint density at radius 1 is 1.20 bits per heavy atom. The molecule has 1 saturated heterocycles. The fourth-order valence-corrected chi connectivity index (χ4v) is 4.90. The van der Waals surface area contributed by atoms with Gasteiger partial charge >= 0.3 is 6.18 Å². The van der Waals surface area contributed by atoms with Crippen LogP contribution in [0.3, 0.4) is 0 Å². The van der Waals surface area contributed by atoms with Crippen LogP contribution in [0.5, 0.6) is 5.75 Å². The van der Waals surface area contributed by atoms with Crippen molar-refractivity contribution in [1.82, 2.24) is 9.96 Å². The monoisotopic (exact) mass is 438 g/mol. The van der Waals surface area contributed by atoms with Crippen molar-refractivity contribution in [2.45, 2.75) is 24.8 Å². The molecule has 1 aromatic rings. The highest BCUT2D eigenvalue weighted by atomic mass is 32.2. The maximum absolute atomic E-state index is 13.3. The number of piperazine rings is 1. The minimum atomic E-state index is -4.29. The summed E-state index contributed by atoms with van der Waals surface area (Å²) >= 11 is 0.824. The zero-order valence-electron chi connectivity index (χ0n) is 16.8. The number of para-hydroxylation sites is 1. The predicted octanol–water partition coefficient (Wildman–Crippen LogP) is 4.87. The lowest BCUT2D eigenvalue weighted by Crippen LogP contribution is -2.46. The van der Waals surface area contributed by atoms with Crippen LogP contribution in [0.15, 0.2) is 53.2 Å². The first kappa shape index (κ1) is 21.5. The number of benzene rings is 1. The van der Waals surface area contributed by atoms with Gasteiger partial charge in [-0.25, -0.2) is 0 Å². The van der Waals surface area contributed by atoms with Crippen molar-refractivity contribution in [1.29, 1.82) is 0 Å². The molecular weight excluding hydrogens is 413 g/mol. The quantitative estimate of drug-likeness (QED) is 0.654. The lowest BCUT2D eigenvalue weighted by molar-refractivity contribution is -0.172. The number of fused-ring (bicyclic) bond motifs is 1. The SMILES string of the molecule is CCON1CCN(CCC=C2C3=C(C=CC(C(F)(F)F)S3)Oc3ccccc32)CC1. The van der Waals surface area contributed by atoms with Crippen LogP contribution in [-0.4, -0.2) is 60.7 Å². The smallest absolute Gasteiger partial charge is 0.404 e. The van der Waals surface area contributed by atoms with Gasteiger partial charge in [0.15, 0.2) is 0 Å². The number of allylic oxidation sites excluding steroid dienone is 2. The Kier molecular flexibility index (Phi) is 6.57. The number of hydrogen-bond acceptors (Lipinski definition) is 5. The number of ether oxygens (including phenoxy) is 1. The van der Waals surface area contributed by atoms with Crippen LogP contribution in [-0.2, 0) is 4.84 Å². The number of alkyl halides is 3. The fourth-order valence-electron chi connectivity index (χ4n) is 3.81. The maximum Gasteiger partial charge on any atom is 0.404 e. The summed E-state index contributed by atoms with van der Waals surface area (Å²) < 4.78 is 45.9. The van der Waals surface area contributed by atoms with Crippen molar-refractivity contribution in [2.75, 3.05) is 39.3 Å². The van der Waals surface area contributed by atoms with Crippen molar-refractivity contribution in [2.24, 2.45) is 0 Å². The van der Waals surface area contributed by atoms with Gasteiger partial charge in [-0.1, -0.05) is 30.4 Å². The van der Waals surface area contributed by atoms with Crippen LogP contribution in [0, 0.1) is 0 Å². The van der Waals surface area contributed by atoms with Gasteiger partial charge in [-0.3, -0.25) is 4.84 Å². The molecule has 3 aliphatic heterocycles. The van der Waals surface area contributed by atoms with Crippen LogP contribution in [0.4, 0.5) is 13.2 Å². The van der Waals surface area contributed by atoms with E-state index < -0.39 is 11.4 Å². The molecule has 0 aromatic heterocycles. The van der Waals surface area contributed by atoms with Gasteiger partial charge in [0, 0.05) is 38.3 Å². The standard InChI is InChI=1S/C22H25F3N2O2S/c1-2-28-27-14-12-26(13-15-27)11-5-7-17-16-6-3-4-8-18(16)29-19-9-10-20(22(23,24)25)30-21(17)19/h3-4,6-10,20H,2,5,11-15H2,1H3. The van der Waals surface area contributed by atoms with Gasteiger partial charge in [-0.2, -0.15) is 18.2 Å². The molecule has 1 unspecified atom stereocenters. The molecule has 3 heterocycles. The van der Waals surface area contributed by atoms with Gasteiger partial charge in [0.2, 0.25) is 0 Å². The molecule has 0 N–H and O–H groups in total. The van der Waals surface area contributed by atoms with Crippen LogP contribution < -0.4 is 4.74 Å². The van der Waals surface area contributed by atoms with Crippen molar-refractivity contribution < 1.29 is 22.7 Å². The third kappa shape index (κ3) is 4.77. The molecule has 1 fully saturated rings. The third-order valence-electron chi connectivity index (χ3n) is 5.29. The molecule has 30 heavy (non-hydrogen) atoms. The second kappa shape index (κ2) is 9.18. The van der Waals surface area contributed by atoms with Gasteiger partial charge in [0.1, 0.15) is 16.8 Å². The normalized spacial score (nSPS) is 24.0. The van der Waals surface area contributed by atoms with E-state index in [1.54, 1.807) is 0 Å². The Morgan fingerprint density at radius 3 is 2.70 bits per heavy atom. The predicted molar refractivity (Wildman–Crippen MR) is 113 cm³/mol. The molecule has 1 atom stereocenters. The minimum Gasteiger partial charge on any atom is -0.456 e. The lowest BCUT2D eigenvalue weighted by Gasteiger charge is -2.33. The van der Waals surface area contributed by atoms with Crippen LogP contribution >= 0.6 is 11.8 Å². The van der Waals surface area contributed by atoms with E-state index in [-0.39, 0.29) is 0 Å². The number of nitrogens with zero attached hydrogens (tertiary/aromatic N) is 2. The Labute approximate surface area is 179 Å². The summed E-state index contributed by atoms with van der Waals surface area (Å²) in [4.78, 5) is 8.47. The second-order valence-corrected chi connectivity index (χ2v) is 8.48. The highest BCUT2D eigenvalue weighted by Gasteiger charge is 2.42. The summed E-state index contributed by atoms with van der Waals surface area (Å²) in [5, 5.41) is 0.434. The number of rotatable bonds is 5. The first-order valence-electron chi connectivity index (χ1n) is 10.2. The summed E-state index contributed by atoms with van der Waals surface area (Å²) in [7, 11) is 0. The van der Waals surface area contributed by atoms with Gasteiger partial charge in [0.05, 0.1) is 11.5 Å². The van der Waals surface area contributed by atoms with Gasteiger partial charge in [-0.05, 0) is 31.1 Å². The molecule has 0 amide bonds. The van der Waals surface area contributed by atoms with Crippen LogP contribution in [0.1, 0.15) is 18.9 Å². The van der Waals surface area contributed by atoms with E-state index >= 15 is 0 Å². The molecule has 0 bridgehead atoms. The van der Waals surface area contributed by atoms with Crippen molar-refractivity contribution >= 4 is 17.3 Å².